The smallest absolute Gasteiger partial charge is 0.326 e. The van der Waals surface area contributed by atoms with Gasteiger partial charge in [0.1, 0.15) is 0 Å². The lowest BCUT2D eigenvalue weighted by Gasteiger charge is -2.21. The van der Waals surface area contributed by atoms with Gasteiger partial charge in [-0.05, 0) is 20.8 Å². The van der Waals surface area contributed by atoms with Gasteiger partial charge in [-0.3, -0.25) is 4.79 Å². The molecule has 0 amide bonds. The molecular weight excluding hydrogens is 218 g/mol. The summed E-state index contributed by atoms with van der Waals surface area (Å²) in [5.74, 6) is -1.10. The third-order valence-electron chi connectivity index (χ3n) is 2.03. The van der Waals surface area contributed by atoms with Crippen LogP contribution in [0.2, 0.25) is 0 Å². The van der Waals surface area contributed by atoms with Crippen LogP contribution in [0.1, 0.15) is 27.2 Å². The Kier molecular flexibility index (Phi) is 4.75. The highest BCUT2D eigenvalue weighted by Gasteiger charge is 2.42. The van der Waals surface area contributed by atoms with Gasteiger partial charge in [-0.15, -0.1) is 0 Å². The molecule has 0 aromatic carbocycles. The third-order valence-corrected chi connectivity index (χ3v) is 4.49. The molecular formula is C9H15NO4S. The predicted molar refractivity (Wildman–Crippen MR) is 54.7 cm³/mol. The van der Waals surface area contributed by atoms with E-state index in [-0.39, 0.29) is 18.8 Å². The van der Waals surface area contributed by atoms with Gasteiger partial charge in [-0.25, -0.2) is 8.42 Å². The van der Waals surface area contributed by atoms with Crippen molar-refractivity contribution < 1.29 is 17.9 Å². The van der Waals surface area contributed by atoms with Gasteiger partial charge in [-0.1, -0.05) is 0 Å². The summed E-state index contributed by atoms with van der Waals surface area (Å²) in [5, 5.41) is 8.31. The predicted octanol–water partition coefficient (Wildman–Crippen LogP) is 0.657. The van der Waals surface area contributed by atoms with E-state index < -0.39 is 20.6 Å². The molecule has 15 heavy (non-hydrogen) atoms. The minimum absolute atomic E-state index is 0.120. The van der Waals surface area contributed by atoms with Crippen molar-refractivity contribution in [3.05, 3.63) is 0 Å². The standard InChI is InChI=1S/C9H15NO4S/c1-4-14-8(11)9(2,3)15(12,13)7-5-6-10/h4-5,7H2,1-3H3. The molecule has 0 aromatic heterocycles. The first-order valence-corrected chi connectivity index (χ1v) is 6.21. The van der Waals surface area contributed by atoms with Crippen LogP contribution in [0, 0.1) is 11.3 Å². The zero-order valence-corrected chi connectivity index (χ0v) is 9.93. The summed E-state index contributed by atoms with van der Waals surface area (Å²) >= 11 is 0. The Morgan fingerprint density at radius 2 is 2.00 bits per heavy atom. The van der Waals surface area contributed by atoms with Crippen LogP contribution in [-0.4, -0.2) is 31.5 Å². The van der Waals surface area contributed by atoms with Gasteiger partial charge in [0.25, 0.3) is 0 Å². The Balaban J connectivity index is 4.86. The highest BCUT2D eigenvalue weighted by Crippen LogP contribution is 2.20. The van der Waals surface area contributed by atoms with Crippen LogP contribution >= 0.6 is 0 Å². The fourth-order valence-electron chi connectivity index (χ4n) is 0.867. The summed E-state index contributed by atoms with van der Waals surface area (Å²) in [6.45, 7) is 4.32. The summed E-state index contributed by atoms with van der Waals surface area (Å²) in [6.07, 6.45) is -0.120. The van der Waals surface area contributed by atoms with Crippen LogP contribution in [0.15, 0.2) is 0 Å². The molecule has 5 nitrogen and oxygen atoms in total. The third kappa shape index (κ3) is 3.20. The monoisotopic (exact) mass is 233 g/mol. The van der Waals surface area contributed by atoms with E-state index in [9.17, 15) is 13.2 Å². The molecule has 0 atom stereocenters. The van der Waals surface area contributed by atoms with Crippen molar-refractivity contribution in [1.29, 1.82) is 5.26 Å². The molecule has 0 rings (SSSR count). The molecule has 0 unspecified atom stereocenters. The fraction of sp³-hybridized carbons (Fsp3) is 0.778. The molecule has 0 heterocycles. The molecule has 0 aliphatic carbocycles. The van der Waals surface area contributed by atoms with Crippen molar-refractivity contribution in [2.75, 3.05) is 12.4 Å². The second-order valence-corrected chi connectivity index (χ2v) is 6.12. The Bertz CT molecular complexity index is 364. The quantitative estimate of drug-likeness (QED) is 0.651. The molecule has 0 aliphatic heterocycles. The molecule has 0 radical (unpaired) electrons. The van der Waals surface area contributed by atoms with Crippen LogP contribution in [0.25, 0.3) is 0 Å². The van der Waals surface area contributed by atoms with Crippen molar-refractivity contribution in [3.63, 3.8) is 0 Å². The van der Waals surface area contributed by atoms with Crippen LogP contribution in [0.5, 0.6) is 0 Å². The minimum atomic E-state index is -3.64. The van der Waals surface area contributed by atoms with Crippen molar-refractivity contribution in [1.82, 2.24) is 0 Å². The van der Waals surface area contributed by atoms with Crippen LogP contribution in [0.4, 0.5) is 0 Å². The number of hydrogen-bond acceptors (Lipinski definition) is 5. The van der Waals surface area contributed by atoms with E-state index in [4.69, 9.17) is 5.26 Å². The number of nitriles is 1. The van der Waals surface area contributed by atoms with Crippen LogP contribution in [0.3, 0.4) is 0 Å². The van der Waals surface area contributed by atoms with E-state index in [1.54, 1.807) is 13.0 Å². The van der Waals surface area contributed by atoms with Crippen molar-refractivity contribution in [2.45, 2.75) is 31.9 Å². The van der Waals surface area contributed by atoms with Gasteiger partial charge >= 0.3 is 5.97 Å². The van der Waals surface area contributed by atoms with E-state index in [2.05, 4.69) is 4.74 Å². The van der Waals surface area contributed by atoms with Crippen LogP contribution in [-0.2, 0) is 19.4 Å². The first kappa shape index (κ1) is 13.9. The largest absolute Gasteiger partial charge is 0.465 e. The lowest BCUT2D eigenvalue weighted by Crippen LogP contribution is -2.43. The number of carbonyl (C=O) groups is 1. The summed E-state index contributed by atoms with van der Waals surface area (Å²) in [7, 11) is -3.64. The van der Waals surface area contributed by atoms with Crippen molar-refractivity contribution >= 4 is 15.8 Å². The number of ether oxygens (including phenoxy) is 1. The van der Waals surface area contributed by atoms with E-state index >= 15 is 0 Å². The van der Waals surface area contributed by atoms with Gasteiger partial charge in [0, 0.05) is 6.42 Å². The Hall–Kier alpha value is -1.09. The van der Waals surface area contributed by atoms with E-state index in [0.29, 0.717) is 0 Å². The van der Waals surface area contributed by atoms with Crippen LogP contribution < -0.4 is 0 Å². The molecule has 0 aromatic rings. The van der Waals surface area contributed by atoms with Gasteiger partial charge in [0.05, 0.1) is 18.4 Å². The van der Waals surface area contributed by atoms with E-state index in [0.717, 1.165) is 0 Å². The number of carbonyl (C=O) groups excluding carboxylic acids is 1. The molecule has 86 valence electrons. The number of sulfone groups is 1. The average molecular weight is 233 g/mol. The molecule has 0 bridgehead atoms. The summed E-state index contributed by atoms with van der Waals surface area (Å²) in [5.41, 5.74) is 0. The van der Waals surface area contributed by atoms with Gasteiger partial charge < -0.3 is 4.74 Å². The molecule has 0 aliphatic rings. The summed E-state index contributed by atoms with van der Waals surface area (Å²) in [4.78, 5) is 11.4. The first-order chi connectivity index (χ1) is 6.79. The number of esters is 1. The zero-order chi connectivity index (χ0) is 12.1. The maximum atomic E-state index is 11.7. The molecule has 0 N–H and O–H groups in total. The maximum absolute atomic E-state index is 11.7. The van der Waals surface area contributed by atoms with Crippen molar-refractivity contribution in [3.8, 4) is 6.07 Å². The zero-order valence-electron chi connectivity index (χ0n) is 9.11. The Labute approximate surface area is 90.0 Å². The number of rotatable bonds is 5. The molecule has 0 saturated heterocycles. The number of hydrogen-bond donors (Lipinski definition) is 0. The maximum Gasteiger partial charge on any atom is 0.326 e. The second-order valence-electron chi connectivity index (χ2n) is 3.46. The summed E-state index contributed by atoms with van der Waals surface area (Å²) in [6, 6.07) is 1.74. The molecule has 0 saturated carbocycles. The number of nitrogens with zero attached hydrogens (tertiary/aromatic N) is 1. The lowest BCUT2D eigenvalue weighted by atomic mass is 10.2. The SMILES string of the molecule is CCOC(=O)C(C)(C)S(=O)(=O)CCC#N. The van der Waals surface area contributed by atoms with Gasteiger partial charge in [0.15, 0.2) is 14.6 Å². The lowest BCUT2D eigenvalue weighted by molar-refractivity contribution is -0.145. The Morgan fingerprint density at radius 3 is 2.40 bits per heavy atom. The highest BCUT2D eigenvalue weighted by molar-refractivity contribution is 7.93. The van der Waals surface area contributed by atoms with E-state index in [1.807, 2.05) is 0 Å². The first-order valence-electron chi connectivity index (χ1n) is 4.56. The van der Waals surface area contributed by atoms with Gasteiger partial charge in [0.2, 0.25) is 0 Å². The average Bonchev–Trinajstić information content (AvgIpc) is 2.15. The highest BCUT2D eigenvalue weighted by atomic mass is 32.2. The normalized spacial score (nSPS) is 11.9. The fourth-order valence-corrected chi connectivity index (χ4v) is 2.05. The van der Waals surface area contributed by atoms with Gasteiger partial charge in [-0.2, -0.15) is 5.26 Å². The second kappa shape index (κ2) is 5.12. The van der Waals surface area contributed by atoms with Crippen molar-refractivity contribution in [2.24, 2.45) is 0 Å². The molecule has 6 heteroatoms. The topological polar surface area (TPSA) is 84.2 Å². The molecule has 0 spiro atoms. The van der Waals surface area contributed by atoms with E-state index in [1.165, 1.54) is 13.8 Å². The minimum Gasteiger partial charge on any atom is -0.465 e. The Morgan fingerprint density at radius 1 is 1.47 bits per heavy atom. The summed E-state index contributed by atoms with van der Waals surface area (Å²) < 4.78 is 26.4. The molecule has 0 fully saturated rings.